The Kier molecular flexibility index (Phi) is 3.66. The van der Waals surface area contributed by atoms with Crippen molar-refractivity contribution in [3.63, 3.8) is 0 Å². The smallest absolute Gasteiger partial charge is 0.360 e. The van der Waals surface area contributed by atoms with Gasteiger partial charge < -0.3 is 9.74 Å². The summed E-state index contributed by atoms with van der Waals surface area (Å²) in [5.74, 6) is -2.94. The number of amides is 1. The summed E-state index contributed by atoms with van der Waals surface area (Å²) in [7, 11) is 0. The van der Waals surface area contributed by atoms with Crippen LogP contribution in [0.1, 0.15) is 12.8 Å². The Morgan fingerprint density at radius 3 is 2.32 bits per heavy atom. The highest BCUT2D eigenvalue weighted by Gasteiger charge is 2.48. The third-order valence-corrected chi connectivity index (χ3v) is 3.09. The third kappa shape index (κ3) is 2.96. The first-order valence-electron chi connectivity index (χ1n) is 5.77. The van der Waals surface area contributed by atoms with Crippen molar-refractivity contribution in [3.8, 4) is 0 Å². The summed E-state index contributed by atoms with van der Waals surface area (Å²) in [6, 6.07) is -1.17. The highest BCUT2D eigenvalue weighted by Crippen LogP contribution is 2.26. The van der Waals surface area contributed by atoms with E-state index in [0.717, 1.165) is 6.42 Å². The Bertz CT molecular complexity index is 383. The molecule has 0 aromatic heterocycles. The topological polar surface area (TPSA) is 49.9 Å². The van der Waals surface area contributed by atoms with Crippen LogP contribution in [-0.4, -0.2) is 59.9 Å². The normalized spacial score (nSPS) is 28.1. The lowest BCUT2D eigenvalue weighted by atomic mass is 10.1. The molecule has 2 saturated heterocycles. The van der Waals surface area contributed by atoms with Crippen LogP contribution in [0.4, 0.5) is 17.6 Å². The van der Waals surface area contributed by atoms with Crippen molar-refractivity contribution in [2.24, 2.45) is 0 Å². The number of hydrogen-bond donors (Lipinski definition) is 0. The molecule has 108 valence electrons. The van der Waals surface area contributed by atoms with E-state index in [1.165, 1.54) is 4.90 Å². The molecule has 0 spiro atoms. The lowest BCUT2D eigenvalue weighted by molar-refractivity contribution is -0.241. The molecule has 0 bridgehead atoms. The van der Waals surface area contributed by atoms with E-state index in [4.69, 9.17) is 0 Å². The van der Waals surface area contributed by atoms with Gasteiger partial charge in [0.05, 0.1) is 6.54 Å². The third-order valence-electron chi connectivity index (χ3n) is 3.09. The molecule has 2 aliphatic rings. The zero-order valence-electron chi connectivity index (χ0n) is 9.82. The first-order chi connectivity index (χ1) is 8.79. The number of hydroxylamine groups is 2. The first-order valence-corrected chi connectivity index (χ1v) is 5.77. The summed E-state index contributed by atoms with van der Waals surface area (Å²) in [5, 5.41) is 0.501. The molecule has 0 aromatic carbocycles. The van der Waals surface area contributed by atoms with Crippen LogP contribution in [0.15, 0.2) is 0 Å². The van der Waals surface area contributed by atoms with Crippen molar-refractivity contribution in [1.82, 2.24) is 9.96 Å². The van der Waals surface area contributed by atoms with E-state index in [0.29, 0.717) is 18.2 Å². The lowest BCUT2D eigenvalue weighted by Gasteiger charge is -2.34. The van der Waals surface area contributed by atoms with Gasteiger partial charge in [-0.05, 0) is 6.42 Å². The average Bonchev–Trinajstić information content (AvgIpc) is 2.55. The lowest BCUT2D eigenvalue weighted by Crippen LogP contribution is -2.51. The monoisotopic (exact) mass is 284 g/mol. The fraction of sp³-hybridized carbons (Fsp3) is 0.800. The molecule has 2 rings (SSSR count). The van der Waals surface area contributed by atoms with E-state index in [1.54, 1.807) is 0 Å². The number of rotatable bonds is 2. The SMILES string of the molecule is O=C([C@@H]1CC(F)CN1OC(=O)C(F)(F)F)N1CCC1. The molecule has 19 heavy (non-hydrogen) atoms. The van der Waals surface area contributed by atoms with Gasteiger partial charge in [-0.1, -0.05) is 0 Å². The second-order valence-corrected chi connectivity index (χ2v) is 4.50. The summed E-state index contributed by atoms with van der Waals surface area (Å²) >= 11 is 0. The Balaban J connectivity index is 2.01. The predicted molar refractivity (Wildman–Crippen MR) is 53.4 cm³/mol. The van der Waals surface area contributed by atoms with Gasteiger partial charge in [0.1, 0.15) is 12.2 Å². The first kappa shape index (κ1) is 14.0. The maximum absolute atomic E-state index is 13.2. The Hall–Kier alpha value is -1.38. The minimum atomic E-state index is -5.17. The van der Waals surface area contributed by atoms with Crippen molar-refractivity contribution in [3.05, 3.63) is 0 Å². The van der Waals surface area contributed by atoms with E-state index in [9.17, 15) is 27.2 Å². The maximum atomic E-state index is 13.2. The highest BCUT2D eigenvalue weighted by molar-refractivity contribution is 5.83. The van der Waals surface area contributed by atoms with Crippen LogP contribution in [0.5, 0.6) is 0 Å². The summed E-state index contributed by atoms with van der Waals surface area (Å²) < 4.78 is 49.5. The van der Waals surface area contributed by atoms with Crippen LogP contribution in [0.25, 0.3) is 0 Å². The molecule has 0 radical (unpaired) electrons. The molecule has 2 atom stereocenters. The van der Waals surface area contributed by atoms with Gasteiger partial charge >= 0.3 is 12.1 Å². The van der Waals surface area contributed by atoms with Crippen molar-refractivity contribution in [2.75, 3.05) is 19.6 Å². The number of alkyl halides is 4. The predicted octanol–water partition coefficient (Wildman–Crippen LogP) is 0.652. The van der Waals surface area contributed by atoms with Gasteiger partial charge in [0, 0.05) is 19.5 Å². The standard InChI is InChI=1S/C10H12F4N2O3/c11-6-4-7(8(17)15-2-1-3-15)16(5-6)19-9(18)10(12,13)14/h6-7H,1-5H2/t6?,7-/m0/s1. The molecule has 2 heterocycles. The Morgan fingerprint density at radius 2 is 1.84 bits per heavy atom. The van der Waals surface area contributed by atoms with E-state index in [1.807, 2.05) is 0 Å². The number of halogens is 4. The maximum Gasteiger partial charge on any atom is 0.492 e. The van der Waals surface area contributed by atoms with Gasteiger partial charge in [0.15, 0.2) is 0 Å². The molecule has 1 amide bonds. The molecule has 1 unspecified atom stereocenters. The fourth-order valence-electron chi connectivity index (χ4n) is 1.99. The van der Waals surface area contributed by atoms with Gasteiger partial charge in [-0.2, -0.15) is 13.2 Å². The largest absolute Gasteiger partial charge is 0.492 e. The summed E-state index contributed by atoms with van der Waals surface area (Å²) in [5.41, 5.74) is 0. The van der Waals surface area contributed by atoms with E-state index >= 15 is 0 Å². The number of carbonyl (C=O) groups is 2. The molecule has 0 aromatic rings. The van der Waals surface area contributed by atoms with E-state index in [2.05, 4.69) is 4.84 Å². The summed E-state index contributed by atoms with van der Waals surface area (Å²) in [4.78, 5) is 28.1. The van der Waals surface area contributed by atoms with Crippen molar-refractivity contribution in [1.29, 1.82) is 0 Å². The van der Waals surface area contributed by atoms with E-state index in [-0.39, 0.29) is 6.42 Å². The summed E-state index contributed by atoms with van der Waals surface area (Å²) in [6.07, 6.45) is -6.12. The van der Waals surface area contributed by atoms with Crippen LogP contribution in [-0.2, 0) is 14.4 Å². The van der Waals surface area contributed by atoms with Crippen LogP contribution < -0.4 is 0 Å². The minimum Gasteiger partial charge on any atom is -0.360 e. The van der Waals surface area contributed by atoms with Crippen LogP contribution in [0.2, 0.25) is 0 Å². The Morgan fingerprint density at radius 1 is 1.21 bits per heavy atom. The molecule has 0 N–H and O–H groups in total. The second kappa shape index (κ2) is 4.95. The Labute approximate surface area is 106 Å². The fourth-order valence-corrected chi connectivity index (χ4v) is 1.99. The van der Waals surface area contributed by atoms with Crippen LogP contribution in [0.3, 0.4) is 0 Å². The van der Waals surface area contributed by atoms with Gasteiger partial charge in [-0.15, -0.1) is 5.06 Å². The number of carbonyl (C=O) groups excluding carboxylic acids is 2. The molecule has 0 aliphatic carbocycles. The van der Waals surface area contributed by atoms with Crippen molar-refractivity contribution >= 4 is 11.9 Å². The van der Waals surface area contributed by atoms with E-state index < -0.39 is 36.8 Å². The molecule has 2 aliphatic heterocycles. The zero-order valence-corrected chi connectivity index (χ0v) is 9.82. The van der Waals surface area contributed by atoms with Crippen molar-refractivity contribution in [2.45, 2.75) is 31.2 Å². The van der Waals surface area contributed by atoms with Gasteiger partial charge in [0.2, 0.25) is 5.91 Å². The van der Waals surface area contributed by atoms with Gasteiger partial charge in [-0.25, -0.2) is 9.18 Å². The number of hydrogen-bond acceptors (Lipinski definition) is 4. The molecular formula is C10H12F4N2O3. The molecule has 0 saturated carbocycles. The highest BCUT2D eigenvalue weighted by atomic mass is 19.4. The molecular weight excluding hydrogens is 272 g/mol. The average molecular weight is 284 g/mol. The van der Waals surface area contributed by atoms with Crippen molar-refractivity contribution < 1.29 is 32.0 Å². The van der Waals surface area contributed by atoms with Crippen LogP contribution >= 0.6 is 0 Å². The number of likely N-dealkylation sites (tertiary alicyclic amines) is 1. The second-order valence-electron chi connectivity index (χ2n) is 4.50. The number of nitrogens with zero attached hydrogens (tertiary/aromatic N) is 2. The van der Waals surface area contributed by atoms with Gasteiger partial charge in [0.25, 0.3) is 0 Å². The molecule has 9 heteroatoms. The quantitative estimate of drug-likeness (QED) is 0.699. The summed E-state index contributed by atoms with van der Waals surface area (Å²) in [6.45, 7) is 0.465. The molecule has 2 fully saturated rings. The zero-order chi connectivity index (χ0) is 14.2. The minimum absolute atomic E-state index is 0.263. The molecule has 5 nitrogen and oxygen atoms in total. The van der Waals surface area contributed by atoms with Gasteiger partial charge in [-0.3, -0.25) is 4.79 Å². The van der Waals surface area contributed by atoms with Crippen LogP contribution in [0, 0.1) is 0 Å².